The van der Waals surface area contributed by atoms with Crippen molar-refractivity contribution < 1.29 is 19.3 Å². The summed E-state index contributed by atoms with van der Waals surface area (Å²) in [5.41, 5.74) is -0.453. The van der Waals surface area contributed by atoms with Crippen molar-refractivity contribution in [3.05, 3.63) is 0 Å². The van der Waals surface area contributed by atoms with Gasteiger partial charge in [-0.1, -0.05) is 27.2 Å². The van der Waals surface area contributed by atoms with Crippen LogP contribution >= 0.6 is 0 Å². The van der Waals surface area contributed by atoms with Crippen LogP contribution < -0.4 is 0 Å². The molecule has 0 bridgehead atoms. The average Bonchev–Trinajstić information content (AvgIpc) is 2.11. The molecule has 0 aromatic rings. The highest BCUT2D eigenvalue weighted by Gasteiger charge is 2.21. The van der Waals surface area contributed by atoms with E-state index in [1.807, 2.05) is 34.6 Å². The van der Waals surface area contributed by atoms with E-state index in [9.17, 15) is 4.79 Å². The van der Waals surface area contributed by atoms with Crippen LogP contribution in [0.2, 0.25) is 0 Å². The van der Waals surface area contributed by atoms with Crippen LogP contribution in [0.3, 0.4) is 0 Å². The van der Waals surface area contributed by atoms with E-state index in [-0.39, 0.29) is 0 Å². The standard InChI is InChI=1S/C11H22O4/c1-6-7-11(4,5)15-14-10(12)13-8-9(2)3/h9H,6-8H2,1-5H3. The van der Waals surface area contributed by atoms with Crippen LogP contribution in [-0.2, 0) is 14.5 Å². The first-order valence-corrected chi connectivity index (χ1v) is 5.40. The van der Waals surface area contributed by atoms with Crippen LogP contribution in [0.25, 0.3) is 0 Å². The van der Waals surface area contributed by atoms with E-state index in [4.69, 9.17) is 9.62 Å². The van der Waals surface area contributed by atoms with Crippen LogP contribution in [0.5, 0.6) is 0 Å². The lowest BCUT2D eigenvalue weighted by atomic mass is 10.0. The molecular formula is C11H22O4. The van der Waals surface area contributed by atoms with Crippen molar-refractivity contribution in [1.29, 1.82) is 0 Å². The van der Waals surface area contributed by atoms with E-state index in [1.54, 1.807) is 0 Å². The second kappa shape index (κ2) is 6.67. The van der Waals surface area contributed by atoms with Gasteiger partial charge in [-0.2, -0.15) is 4.89 Å². The maximum atomic E-state index is 11.0. The molecule has 0 aliphatic heterocycles. The van der Waals surface area contributed by atoms with E-state index in [0.29, 0.717) is 12.5 Å². The minimum Gasteiger partial charge on any atom is -0.432 e. The minimum absolute atomic E-state index is 0.293. The summed E-state index contributed by atoms with van der Waals surface area (Å²) in [6.07, 6.45) is 1.02. The highest BCUT2D eigenvalue weighted by molar-refractivity contribution is 5.58. The molecule has 90 valence electrons. The Morgan fingerprint density at radius 1 is 1.33 bits per heavy atom. The van der Waals surface area contributed by atoms with Crippen molar-refractivity contribution >= 4 is 6.16 Å². The van der Waals surface area contributed by atoms with Gasteiger partial charge in [0, 0.05) is 0 Å². The van der Waals surface area contributed by atoms with Crippen LogP contribution in [0.4, 0.5) is 4.79 Å². The molecule has 0 radical (unpaired) electrons. The van der Waals surface area contributed by atoms with Gasteiger partial charge in [0.05, 0.1) is 6.61 Å². The molecule has 0 aliphatic carbocycles. The number of hydrogen-bond acceptors (Lipinski definition) is 4. The fourth-order valence-corrected chi connectivity index (χ4v) is 1.05. The van der Waals surface area contributed by atoms with Gasteiger partial charge in [0.15, 0.2) is 0 Å². The molecule has 0 fully saturated rings. The van der Waals surface area contributed by atoms with Crippen LogP contribution in [-0.4, -0.2) is 18.4 Å². The van der Waals surface area contributed by atoms with Crippen LogP contribution in [0, 0.1) is 5.92 Å². The largest absolute Gasteiger partial charge is 0.540 e. The summed E-state index contributed by atoms with van der Waals surface area (Å²) in [6.45, 7) is 10.0. The molecule has 0 atom stereocenters. The molecule has 0 aromatic carbocycles. The van der Waals surface area contributed by atoms with Crippen molar-refractivity contribution in [3.63, 3.8) is 0 Å². The molecule has 0 heterocycles. The van der Waals surface area contributed by atoms with Crippen LogP contribution in [0.15, 0.2) is 0 Å². The first-order chi connectivity index (χ1) is 6.87. The molecule has 4 nitrogen and oxygen atoms in total. The Morgan fingerprint density at radius 2 is 1.93 bits per heavy atom. The molecule has 0 amide bonds. The van der Waals surface area contributed by atoms with E-state index >= 15 is 0 Å². The number of rotatable bonds is 6. The monoisotopic (exact) mass is 218 g/mol. The lowest BCUT2D eigenvalue weighted by Crippen LogP contribution is -2.26. The Labute approximate surface area is 91.8 Å². The van der Waals surface area contributed by atoms with Gasteiger partial charge < -0.3 is 4.74 Å². The van der Waals surface area contributed by atoms with Crippen molar-refractivity contribution in [2.75, 3.05) is 6.61 Å². The fraction of sp³-hybridized carbons (Fsp3) is 0.909. The summed E-state index contributed by atoms with van der Waals surface area (Å²) in [5.74, 6) is 0.293. The third-order valence-corrected chi connectivity index (χ3v) is 1.72. The Balaban J connectivity index is 3.70. The van der Waals surface area contributed by atoms with Gasteiger partial charge in [0.1, 0.15) is 5.60 Å². The molecule has 0 spiro atoms. The zero-order valence-electron chi connectivity index (χ0n) is 10.3. The normalized spacial score (nSPS) is 11.6. The summed E-state index contributed by atoms with van der Waals surface area (Å²) in [4.78, 5) is 20.6. The van der Waals surface area contributed by atoms with Gasteiger partial charge in [-0.15, -0.1) is 0 Å². The SMILES string of the molecule is CCCC(C)(C)OOC(=O)OCC(C)C. The Morgan fingerprint density at radius 3 is 2.40 bits per heavy atom. The van der Waals surface area contributed by atoms with E-state index < -0.39 is 11.8 Å². The zero-order valence-corrected chi connectivity index (χ0v) is 10.3. The molecule has 0 saturated carbocycles. The Hall–Kier alpha value is -0.770. The number of carbonyl (C=O) groups is 1. The molecule has 15 heavy (non-hydrogen) atoms. The van der Waals surface area contributed by atoms with Crippen molar-refractivity contribution in [2.24, 2.45) is 5.92 Å². The summed E-state index contributed by atoms with van der Waals surface area (Å²) in [7, 11) is 0. The minimum atomic E-state index is -0.770. The zero-order chi connectivity index (χ0) is 11.9. The summed E-state index contributed by atoms with van der Waals surface area (Å²) in [5, 5.41) is 0. The van der Waals surface area contributed by atoms with Crippen LogP contribution in [0.1, 0.15) is 47.5 Å². The lowest BCUT2D eigenvalue weighted by Gasteiger charge is -2.21. The molecule has 0 aliphatic rings. The third-order valence-electron chi connectivity index (χ3n) is 1.72. The Kier molecular flexibility index (Phi) is 6.32. The first kappa shape index (κ1) is 14.2. The van der Waals surface area contributed by atoms with Gasteiger partial charge in [0.25, 0.3) is 0 Å². The predicted octanol–water partition coefficient (Wildman–Crippen LogP) is 3.31. The van der Waals surface area contributed by atoms with Gasteiger partial charge in [0.2, 0.25) is 0 Å². The fourth-order valence-electron chi connectivity index (χ4n) is 1.05. The molecule has 0 unspecified atom stereocenters. The smallest absolute Gasteiger partial charge is 0.432 e. The molecular weight excluding hydrogens is 196 g/mol. The second-order valence-corrected chi connectivity index (χ2v) is 4.63. The lowest BCUT2D eigenvalue weighted by molar-refractivity contribution is -0.318. The first-order valence-electron chi connectivity index (χ1n) is 5.40. The predicted molar refractivity (Wildman–Crippen MR) is 57.3 cm³/mol. The summed E-state index contributed by atoms with van der Waals surface area (Å²) >= 11 is 0. The molecule has 0 N–H and O–H groups in total. The maximum Gasteiger partial charge on any atom is 0.540 e. The van der Waals surface area contributed by atoms with Crippen molar-refractivity contribution in [3.8, 4) is 0 Å². The van der Waals surface area contributed by atoms with E-state index in [1.165, 1.54) is 0 Å². The van der Waals surface area contributed by atoms with Gasteiger partial charge in [-0.25, -0.2) is 4.79 Å². The third kappa shape index (κ3) is 8.24. The van der Waals surface area contributed by atoms with E-state index in [2.05, 4.69) is 4.89 Å². The van der Waals surface area contributed by atoms with E-state index in [0.717, 1.165) is 12.8 Å². The summed E-state index contributed by atoms with van der Waals surface area (Å²) < 4.78 is 4.79. The molecule has 0 rings (SSSR count). The van der Waals surface area contributed by atoms with Gasteiger partial charge in [-0.05, 0) is 26.2 Å². The van der Waals surface area contributed by atoms with Gasteiger partial charge in [-0.3, -0.25) is 4.89 Å². The maximum absolute atomic E-state index is 11.0. The van der Waals surface area contributed by atoms with Gasteiger partial charge >= 0.3 is 6.16 Å². The highest BCUT2D eigenvalue weighted by atomic mass is 17.2. The summed E-state index contributed by atoms with van der Waals surface area (Å²) in [6, 6.07) is 0. The number of carbonyl (C=O) groups excluding carboxylic acids is 1. The Bertz CT molecular complexity index is 187. The molecule has 4 heteroatoms. The molecule has 0 saturated heterocycles. The average molecular weight is 218 g/mol. The topological polar surface area (TPSA) is 44.8 Å². The quantitative estimate of drug-likeness (QED) is 0.390. The number of hydrogen-bond donors (Lipinski definition) is 0. The van der Waals surface area contributed by atoms with Crippen molar-refractivity contribution in [1.82, 2.24) is 0 Å². The highest BCUT2D eigenvalue weighted by Crippen LogP contribution is 2.16. The van der Waals surface area contributed by atoms with Crippen molar-refractivity contribution in [2.45, 2.75) is 53.1 Å². The molecule has 0 aromatic heterocycles. The number of ether oxygens (including phenoxy) is 1. The second-order valence-electron chi connectivity index (χ2n) is 4.63.